The van der Waals surface area contributed by atoms with Gasteiger partial charge >= 0.3 is 0 Å². The number of rotatable bonds is 5. The van der Waals surface area contributed by atoms with E-state index in [1.165, 1.54) is 16.3 Å². The topological polar surface area (TPSA) is 42.3 Å². The van der Waals surface area contributed by atoms with Crippen LogP contribution in [0.25, 0.3) is 0 Å². The first-order valence-corrected chi connectivity index (χ1v) is 8.66. The van der Waals surface area contributed by atoms with E-state index in [2.05, 4.69) is 46.7 Å². The molecule has 0 unspecified atom stereocenters. The van der Waals surface area contributed by atoms with E-state index < -0.39 is 0 Å². The molecule has 2 aromatic heterocycles. The third-order valence-corrected chi connectivity index (χ3v) is 5.23. The molecule has 0 saturated carbocycles. The number of thiophene rings is 1. The van der Waals surface area contributed by atoms with Gasteiger partial charge in [0.2, 0.25) is 0 Å². The second kappa shape index (κ2) is 6.81. The molecule has 0 aromatic carbocycles. The Kier molecular flexibility index (Phi) is 4.81. The quantitative estimate of drug-likeness (QED) is 0.919. The average Bonchev–Trinajstić information content (AvgIpc) is 3.14. The SMILES string of the molecule is Cc1nn(C)c(N2CCOCC2)c1CN[C@H](C)c1cccs1. The fourth-order valence-electron chi connectivity index (χ4n) is 2.96. The van der Waals surface area contributed by atoms with Gasteiger partial charge < -0.3 is 15.0 Å². The highest BCUT2D eigenvalue weighted by Crippen LogP contribution is 2.25. The molecule has 3 rings (SSSR count). The third kappa shape index (κ3) is 3.19. The second-order valence-electron chi connectivity index (χ2n) is 5.73. The molecule has 0 radical (unpaired) electrons. The Morgan fingerprint density at radius 1 is 1.41 bits per heavy atom. The van der Waals surface area contributed by atoms with Crippen LogP contribution in [0.15, 0.2) is 17.5 Å². The number of hydrogen-bond acceptors (Lipinski definition) is 5. The molecule has 2 aromatic rings. The second-order valence-corrected chi connectivity index (χ2v) is 6.71. The molecule has 0 bridgehead atoms. The fraction of sp³-hybridized carbons (Fsp3) is 0.562. The van der Waals surface area contributed by atoms with Gasteiger partial charge in [0.15, 0.2) is 0 Å². The first-order valence-electron chi connectivity index (χ1n) is 7.78. The molecule has 0 amide bonds. The maximum Gasteiger partial charge on any atom is 0.131 e. The standard InChI is InChI=1S/C16H24N4OS/c1-12-14(11-17-13(2)15-5-4-10-22-15)16(19(3)18-12)20-6-8-21-9-7-20/h4-5,10,13,17H,6-9,11H2,1-3H3/t13-/m1/s1. The van der Waals surface area contributed by atoms with E-state index in [0.717, 1.165) is 38.5 Å². The molecule has 0 spiro atoms. The van der Waals surface area contributed by atoms with E-state index in [1.807, 2.05) is 11.7 Å². The van der Waals surface area contributed by atoms with Crippen molar-refractivity contribution >= 4 is 17.2 Å². The number of anilines is 1. The molecule has 1 atom stereocenters. The van der Waals surface area contributed by atoms with Crippen molar-refractivity contribution < 1.29 is 4.74 Å². The number of morpholine rings is 1. The Balaban J connectivity index is 1.75. The fourth-order valence-corrected chi connectivity index (χ4v) is 3.72. The van der Waals surface area contributed by atoms with Crippen LogP contribution < -0.4 is 10.2 Å². The minimum absolute atomic E-state index is 0.358. The van der Waals surface area contributed by atoms with E-state index >= 15 is 0 Å². The van der Waals surface area contributed by atoms with Gasteiger partial charge in [0.25, 0.3) is 0 Å². The van der Waals surface area contributed by atoms with Gasteiger partial charge in [-0.05, 0) is 25.3 Å². The van der Waals surface area contributed by atoms with Gasteiger partial charge in [-0.2, -0.15) is 5.10 Å². The van der Waals surface area contributed by atoms with Gasteiger partial charge in [0, 0.05) is 43.2 Å². The molecule has 1 aliphatic heterocycles. The van der Waals surface area contributed by atoms with Crippen molar-refractivity contribution in [2.45, 2.75) is 26.4 Å². The van der Waals surface area contributed by atoms with Gasteiger partial charge in [0.1, 0.15) is 5.82 Å². The summed E-state index contributed by atoms with van der Waals surface area (Å²) in [6, 6.07) is 4.64. The lowest BCUT2D eigenvalue weighted by Gasteiger charge is -2.29. The highest BCUT2D eigenvalue weighted by molar-refractivity contribution is 7.10. The molecule has 1 aliphatic rings. The molecule has 120 valence electrons. The minimum atomic E-state index is 0.358. The van der Waals surface area contributed by atoms with E-state index in [1.54, 1.807) is 11.3 Å². The Bertz CT molecular complexity index is 602. The molecular weight excluding hydrogens is 296 g/mol. The first-order chi connectivity index (χ1) is 10.7. The lowest BCUT2D eigenvalue weighted by molar-refractivity contribution is 0.122. The third-order valence-electron chi connectivity index (χ3n) is 4.18. The van der Waals surface area contributed by atoms with Crippen molar-refractivity contribution in [3.8, 4) is 0 Å². The van der Waals surface area contributed by atoms with Crippen molar-refractivity contribution in [3.63, 3.8) is 0 Å². The van der Waals surface area contributed by atoms with Crippen molar-refractivity contribution in [3.05, 3.63) is 33.6 Å². The summed E-state index contributed by atoms with van der Waals surface area (Å²) in [5.74, 6) is 1.23. The summed E-state index contributed by atoms with van der Waals surface area (Å²) >= 11 is 1.80. The Hall–Kier alpha value is -1.37. The maximum atomic E-state index is 5.47. The van der Waals surface area contributed by atoms with Crippen LogP contribution in [0.5, 0.6) is 0 Å². The molecule has 1 saturated heterocycles. The normalized spacial score (nSPS) is 17.0. The van der Waals surface area contributed by atoms with E-state index in [0.29, 0.717) is 6.04 Å². The summed E-state index contributed by atoms with van der Waals surface area (Å²) in [7, 11) is 2.03. The van der Waals surface area contributed by atoms with Gasteiger partial charge in [-0.15, -0.1) is 11.3 Å². The minimum Gasteiger partial charge on any atom is -0.378 e. The van der Waals surface area contributed by atoms with E-state index in [9.17, 15) is 0 Å². The van der Waals surface area contributed by atoms with Crippen molar-refractivity contribution in [2.75, 3.05) is 31.2 Å². The van der Waals surface area contributed by atoms with Crippen LogP contribution in [0, 0.1) is 6.92 Å². The number of aryl methyl sites for hydroxylation is 2. The highest BCUT2D eigenvalue weighted by Gasteiger charge is 2.21. The lowest BCUT2D eigenvalue weighted by Crippen LogP contribution is -2.38. The van der Waals surface area contributed by atoms with Gasteiger partial charge in [0.05, 0.1) is 18.9 Å². The highest BCUT2D eigenvalue weighted by atomic mass is 32.1. The summed E-state index contributed by atoms with van der Waals surface area (Å²) in [5.41, 5.74) is 2.41. The van der Waals surface area contributed by atoms with Gasteiger partial charge in [-0.1, -0.05) is 6.07 Å². The van der Waals surface area contributed by atoms with Gasteiger partial charge in [-0.25, -0.2) is 0 Å². The molecule has 6 heteroatoms. The molecule has 1 fully saturated rings. The summed E-state index contributed by atoms with van der Waals surface area (Å²) < 4.78 is 7.48. The van der Waals surface area contributed by atoms with Crippen LogP contribution >= 0.6 is 11.3 Å². The zero-order valence-electron chi connectivity index (χ0n) is 13.5. The van der Waals surface area contributed by atoms with E-state index in [4.69, 9.17) is 4.74 Å². The summed E-state index contributed by atoms with van der Waals surface area (Å²) in [6.45, 7) is 8.61. The molecule has 0 aliphatic carbocycles. The van der Waals surface area contributed by atoms with Crippen molar-refractivity contribution in [2.24, 2.45) is 7.05 Å². The zero-order chi connectivity index (χ0) is 15.5. The Labute approximate surface area is 135 Å². The zero-order valence-corrected chi connectivity index (χ0v) is 14.3. The maximum absolute atomic E-state index is 5.47. The molecular formula is C16H24N4OS. The molecule has 3 heterocycles. The van der Waals surface area contributed by atoms with Crippen LogP contribution in [-0.4, -0.2) is 36.1 Å². The largest absolute Gasteiger partial charge is 0.378 e. The summed E-state index contributed by atoms with van der Waals surface area (Å²) in [4.78, 5) is 3.76. The van der Waals surface area contributed by atoms with Crippen molar-refractivity contribution in [1.29, 1.82) is 0 Å². The Morgan fingerprint density at radius 2 is 2.18 bits per heavy atom. The van der Waals surface area contributed by atoms with Crippen LogP contribution in [0.2, 0.25) is 0 Å². The van der Waals surface area contributed by atoms with Crippen LogP contribution in [0.4, 0.5) is 5.82 Å². The number of ether oxygens (including phenoxy) is 1. The molecule has 5 nitrogen and oxygen atoms in total. The summed E-state index contributed by atoms with van der Waals surface area (Å²) in [6.07, 6.45) is 0. The molecule has 22 heavy (non-hydrogen) atoms. The first kappa shape index (κ1) is 15.5. The predicted molar refractivity (Wildman–Crippen MR) is 90.6 cm³/mol. The smallest absolute Gasteiger partial charge is 0.131 e. The Morgan fingerprint density at radius 3 is 2.86 bits per heavy atom. The van der Waals surface area contributed by atoms with Crippen molar-refractivity contribution in [1.82, 2.24) is 15.1 Å². The summed E-state index contributed by atoms with van der Waals surface area (Å²) in [5, 5.41) is 10.4. The lowest BCUT2D eigenvalue weighted by atomic mass is 10.2. The molecule has 1 N–H and O–H groups in total. The monoisotopic (exact) mass is 320 g/mol. The number of aromatic nitrogens is 2. The average molecular weight is 320 g/mol. The van der Waals surface area contributed by atoms with Crippen LogP contribution in [0.3, 0.4) is 0 Å². The number of nitrogens with one attached hydrogen (secondary N) is 1. The van der Waals surface area contributed by atoms with E-state index in [-0.39, 0.29) is 0 Å². The van der Waals surface area contributed by atoms with Crippen LogP contribution in [-0.2, 0) is 18.3 Å². The predicted octanol–water partition coefficient (Wildman–Crippen LogP) is 2.48. The van der Waals surface area contributed by atoms with Crippen LogP contribution in [0.1, 0.15) is 29.1 Å². The number of hydrogen-bond donors (Lipinski definition) is 1. The number of nitrogens with zero attached hydrogens (tertiary/aromatic N) is 3. The van der Waals surface area contributed by atoms with Gasteiger partial charge in [-0.3, -0.25) is 4.68 Å².